The summed E-state index contributed by atoms with van der Waals surface area (Å²) in [6.07, 6.45) is 2.38. The van der Waals surface area contributed by atoms with Crippen molar-refractivity contribution in [3.8, 4) is 0 Å². The summed E-state index contributed by atoms with van der Waals surface area (Å²) in [5.74, 6) is -0.681. The third-order valence-electron chi connectivity index (χ3n) is 5.58. The van der Waals surface area contributed by atoms with Gasteiger partial charge >= 0.3 is 5.97 Å². The highest BCUT2D eigenvalue weighted by molar-refractivity contribution is 6.32. The van der Waals surface area contributed by atoms with Gasteiger partial charge in [-0.05, 0) is 57.2 Å². The number of carbonyl (C=O) groups is 2. The first-order valence-electron chi connectivity index (χ1n) is 10.4. The van der Waals surface area contributed by atoms with Gasteiger partial charge in [0.25, 0.3) is 5.91 Å². The molecule has 2 atom stereocenters. The molecular formula is C24H24FN3O5. The van der Waals surface area contributed by atoms with Gasteiger partial charge in [0.2, 0.25) is 0 Å². The van der Waals surface area contributed by atoms with Gasteiger partial charge in [0, 0.05) is 28.6 Å². The Hall–Kier alpha value is -3.72. The predicted molar refractivity (Wildman–Crippen MR) is 120 cm³/mol. The number of allylic oxidation sites excluding steroid dienone is 1. The SMILES string of the molecule is COC(=O)[C@@H](Nc1ccc(C2=C/C(=C3\C(=O)Nc4ccc(F)cc43)OC2(C)C)cn1)[C@@H](C)O. The van der Waals surface area contributed by atoms with Crippen LogP contribution in [0, 0.1) is 5.82 Å². The largest absolute Gasteiger partial charge is 0.482 e. The highest BCUT2D eigenvalue weighted by Gasteiger charge is 2.38. The number of amides is 1. The summed E-state index contributed by atoms with van der Waals surface area (Å²) in [5.41, 5.74) is 2.00. The van der Waals surface area contributed by atoms with E-state index in [1.165, 1.54) is 32.2 Å². The quantitative estimate of drug-likeness (QED) is 0.471. The van der Waals surface area contributed by atoms with Crippen molar-refractivity contribution in [3.63, 3.8) is 0 Å². The van der Waals surface area contributed by atoms with E-state index >= 15 is 0 Å². The van der Waals surface area contributed by atoms with E-state index in [-0.39, 0.29) is 11.5 Å². The van der Waals surface area contributed by atoms with Gasteiger partial charge in [-0.25, -0.2) is 14.2 Å². The molecule has 0 aliphatic carbocycles. The molecule has 4 rings (SSSR count). The van der Waals surface area contributed by atoms with Gasteiger partial charge < -0.3 is 25.2 Å². The lowest BCUT2D eigenvalue weighted by molar-refractivity contribution is -0.143. The topological polar surface area (TPSA) is 110 Å². The molecule has 3 N–H and O–H groups in total. The van der Waals surface area contributed by atoms with E-state index < -0.39 is 29.5 Å². The average molecular weight is 453 g/mol. The van der Waals surface area contributed by atoms with Gasteiger partial charge in [0.05, 0.1) is 18.8 Å². The van der Waals surface area contributed by atoms with Crippen LogP contribution in [0.15, 0.2) is 48.4 Å². The summed E-state index contributed by atoms with van der Waals surface area (Å²) in [6.45, 7) is 5.20. The number of rotatable bonds is 5. The maximum absolute atomic E-state index is 13.8. The zero-order valence-corrected chi connectivity index (χ0v) is 18.6. The predicted octanol–water partition coefficient (Wildman–Crippen LogP) is 3.11. The lowest BCUT2D eigenvalue weighted by Crippen LogP contribution is -2.40. The molecule has 3 heterocycles. The zero-order chi connectivity index (χ0) is 23.9. The van der Waals surface area contributed by atoms with E-state index in [0.717, 1.165) is 11.1 Å². The Morgan fingerprint density at radius 2 is 2.06 bits per heavy atom. The number of aliphatic hydroxyl groups is 1. The fraction of sp³-hybridized carbons (Fsp3) is 0.292. The van der Waals surface area contributed by atoms with Gasteiger partial charge in [0.15, 0.2) is 6.04 Å². The number of fused-ring (bicyclic) bond motifs is 1. The fourth-order valence-electron chi connectivity index (χ4n) is 3.90. The molecule has 0 saturated heterocycles. The Morgan fingerprint density at radius 3 is 2.70 bits per heavy atom. The Labute approximate surface area is 190 Å². The minimum Gasteiger partial charge on any atom is -0.482 e. The number of aromatic nitrogens is 1. The first kappa shape index (κ1) is 22.5. The maximum atomic E-state index is 13.8. The van der Waals surface area contributed by atoms with E-state index in [4.69, 9.17) is 9.47 Å². The van der Waals surface area contributed by atoms with Gasteiger partial charge in [-0.1, -0.05) is 0 Å². The molecule has 0 saturated carbocycles. The normalized spacial score (nSPS) is 20.3. The number of hydrogen-bond donors (Lipinski definition) is 3. The van der Waals surface area contributed by atoms with E-state index in [2.05, 4.69) is 15.6 Å². The van der Waals surface area contributed by atoms with Crippen molar-refractivity contribution in [3.05, 3.63) is 65.3 Å². The fourth-order valence-corrected chi connectivity index (χ4v) is 3.90. The van der Waals surface area contributed by atoms with E-state index in [1.807, 2.05) is 13.8 Å². The van der Waals surface area contributed by atoms with E-state index in [9.17, 15) is 19.1 Å². The molecule has 172 valence electrons. The van der Waals surface area contributed by atoms with Crippen LogP contribution in [-0.2, 0) is 19.1 Å². The molecule has 9 heteroatoms. The first-order valence-corrected chi connectivity index (χ1v) is 10.4. The number of carbonyl (C=O) groups excluding carboxylic acids is 2. The summed E-state index contributed by atoms with van der Waals surface area (Å²) in [6, 6.07) is 6.61. The molecule has 1 aromatic carbocycles. The van der Waals surface area contributed by atoms with Crippen LogP contribution in [0.2, 0.25) is 0 Å². The smallest absolute Gasteiger partial charge is 0.331 e. The molecule has 2 aliphatic heterocycles. The maximum Gasteiger partial charge on any atom is 0.331 e. The second kappa shape index (κ2) is 8.32. The second-order valence-electron chi connectivity index (χ2n) is 8.37. The summed E-state index contributed by atoms with van der Waals surface area (Å²) in [4.78, 5) is 28.8. The van der Waals surface area contributed by atoms with Crippen LogP contribution >= 0.6 is 0 Å². The lowest BCUT2D eigenvalue weighted by Gasteiger charge is -2.24. The van der Waals surface area contributed by atoms with Gasteiger partial charge in [-0.15, -0.1) is 0 Å². The molecule has 1 aromatic heterocycles. The van der Waals surface area contributed by atoms with Crippen LogP contribution in [0.1, 0.15) is 31.9 Å². The minimum atomic E-state index is -0.983. The molecule has 8 nitrogen and oxygen atoms in total. The minimum absolute atomic E-state index is 0.275. The van der Waals surface area contributed by atoms with Gasteiger partial charge in [-0.2, -0.15) is 0 Å². The van der Waals surface area contributed by atoms with E-state index in [0.29, 0.717) is 22.8 Å². The summed E-state index contributed by atoms with van der Waals surface area (Å²) < 4.78 is 24.6. The number of methoxy groups -OCH3 is 1. The molecule has 1 amide bonds. The number of aliphatic hydroxyl groups excluding tert-OH is 1. The second-order valence-corrected chi connectivity index (χ2v) is 8.37. The van der Waals surface area contributed by atoms with Gasteiger partial charge in [-0.3, -0.25) is 4.79 Å². The molecule has 2 aliphatic rings. The molecule has 2 aromatic rings. The number of anilines is 2. The Balaban J connectivity index is 1.66. The number of hydrogen-bond acceptors (Lipinski definition) is 7. The van der Waals surface area contributed by atoms with Crippen LogP contribution in [0.4, 0.5) is 15.9 Å². The molecule has 33 heavy (non-hydrogen) atoms. The first-order chi connectivity index (χ1) is 15.6. The van der Waals surface area contributed by atoms with Crippen molar-refractivity contribution in [2.45, 2.75) is 38.5 Å². The van der Waals surface area contributed by atoms with Crippen LogP contribution in [0.25, 0.3) is 11.1 Å². The lowest BCUT2D eigenvalue weighted by atomic mass is 9.93. The molecule has 0 unspecified atom stereocenters. The van der Waals surface area contributed by atoms with Crippen molar-refractivity contribution >= 4 is 34.5 Å². The van der Waals surface area contributed by atoms with Crippen LogP contribution in [0.5, 0.6) is 0 Å². The summed E-state index contributed by atoms with van der Waals surface area (Å²) in [7, 11) is 1.24. The third kappa shape index (κ3) is 4.19. The number of halogens is 1. The number of esters is 1. The van der Waals surface area contributed by atoms with E-state index in [1.54, 1.807) is 24.4 Å². The number of nitrogens with zero attached hydrogens (tertiary/aromatic N) is 1. The van der Waals surface area contributed by atoms with Crippen molar-refractivity contribution in [1.82, 2.24) is 4.98 Å². The van der Waals surface area contributed by atoms with Crippen molar-refractivity contribution in [1.29, 1.82) is 0 Å². The Kier molecular flexibility index (Phi) is 5.67. The standard InChI is InChI=1S/C24H24FN3O5/c1-12(29)21(23(31)32-4)28-19-8-5-13(11-26-19)16-10-18(33-24(16,2)3)20-15-9-14(25)6-7-17(15)27-22(20)30/h5-12,21,29H,1-4H3,(H,26,28)(H,27,30)/b20-18+/t12-,21+/m1/s1. The van der Waals surface area contributed by atoms with Crippen molar-refractivity contribution in [2.24, 2.45) is 0 Å². The molecular weight excluding hydrogens is 429 g/mol. The highest BCUT2D eigenvalue weighted by atomic mass is 19.1. The zero-order valence-electron chi connectivity index (χ0n) is 18.6. The number of nitrogens with one attached hydrogen (secondary N) is 2. The van der Waals surface area contributed by atoms with Gasteiger partial charge in [0.1, 0.15) is 23.0 Å². The number of benzene rings is 1. The number of ether oxygens (including phenoxy) is 2. The molecule has 0 fully saturated rings. The highest BCUT2D eigenvalue weighted by Crippen LogP contribution is 2.44. The van der Waals surface area contributed by atoms with Crippen LogP contribution in [-0.4, -0.2) is 46.8 Å². The van der Waals surface area contributed by atoms with Crippen molar-refractivity contribution < 1.29 is 28.6 Å². The molecule has 0 bridgehead atoms. The molecule has 0 radical (unpaired) electrons. The van der Waals surface area contributed by atoms with Crippen LogP contribution < -0.4 is 10.6 Å². The monoisotopic (exact) mass is 453 g/mol. The molecule has 0 spiro atoms. The number of pyridine rings is 1. The van der Waals surface area contributed by atoms with Crippen LogP contribution in [0.3, 0.4) is 0 Å². The Morgan fingerprint density at radius 1 is 1.30 bits per heavy atom. The third-order valence-corrected chi connectivity index (χ3v) is 5.58. The average Bonchev–Trinajstić information content (AvgIpc) is 3.25. The summed E-state index contributed by atoms with van der Waals surface area (Å²) in [5, 5.41) is 15.4. The van der Waals surface area contributed by atoms with Crippen molar-refractivity contribution in [2.75, 3.05) is 17.7 Å². The summed E-state index contributed by atoms with van der Waals surface area (Å²) >= 11 is 0. The Bertz CT molecular complexity index is 1190.